The van der Waals surface area contributed by atoms with E-state index in [9.17, 15) is 14.4 Å². The summed E-state index contributed by atoms with van der Waals surface area (Å²) >= 11 is 0. The molecule has 6 nitrogen and oxygen atoms in total. The number of amides is 2. The lowest BCUT2D eigenvalue weighted by atomic mass is 10.1. The van der Waals surface area contributed by atoms with E-state index in [1.165, 1.54) is 12.3 Å². The zero-order valence-corrected chi connectivity index (χ0v) is 15.7. The topological polar surface area (TPSA) is 84.4 Å². The van der Waals surface area contributed by atoms with E-state index in [4.69, 9.17) is 5.73 Å². The lowest BCUT2D eigenvalue weighted by Gasteiger charge is -2.11. The molecule has 0 saturated heterocycles. The fraction of sp³-hybridized carbons (Fsp3) is 0.333. The van der Waals surface area contributed by atoms with E-state index in [1.54, 1.807) is 6.20 Å². The molecule has 0 bridgehead atoms. The van der Waals surface area contributed by atoms with Gasteiger partial charge in [-0.15, -0.1) is 0 Å². The van der Waals surface area contributed by atoms with Gasteiger partial charge in [-0.05, 0) is 30.5 Å². The molecule has 2 heterocycles. The quantitative estimate of drug-likeness (QED) is 0.331. The Morgan fingerprint density at radius 3 is 2.71 bits per heavy atom. The Morgan fingerprint density at radius 1 is 1.14 bits per heavy atom. The molecule has 3 N–H and O–H groups in total. The average Bonchev–Trinajstić information content (AvgIpc) is 3.04. The molecule has 148 valence electrons. The van der Waals surface area contributed by atoms with Crippen LogP contribution in [0.2, 0.25) is 0 Å². The van der Waals surface area contributed by atoms with Gasteiger partial charge in [-0.25, -0.2) is 14.2 Å². The number of para-hydroxylation sites is 1. The van der Waals surface area contributed by atoms with Gasteiger partial charge in [0.15, 0.2) is 0 Å². The number of pyridine rings is 1. The van der Waals surface area contributed by atoms with Crippen LogP contribution in [0, 0.1) is 5.82 Å². The van der Waals surface area contributed by atoms with Crippen LogP contribution in [0.4, 0.5) is 9.18 Å². The van der Waals surface area contributed by atoms with Gasteiger partial charge in [-0.3, -0.25) is 10.2 Å². The molecule has 0 spiro atoms. The number of hydroxylamine groups is 2. The van der Waals surface area contributed by atoms with Crippen molar-refractivity contribution >= 4 is 16.9 Å². The second kappa shape index (κ2) is 9.32. The Kier molecular flexibility index (Phi) is 6.60. The van der Waals surface area contributed by atoms with Gasteiger partial charge >= 0.3 is 6.03 Å². The summed E-state index contributed by atoms with van der Waals surface area (Å²) in [5.41, 5.74) is 7.79. The molecule has 2 aromatic heterocycles. The molecule has 0 saturated carbocycles. The van der Waals surface area contributed by atoms with Crippen LogP contribution < -0.4 is 5.73 Å². The average molecular weight is 384 g/mol. The first kappa shape index (κ1) is 19.8. The highest BCUT2D eigenvalue weighted by Crippen LogP contribution is 2.25. The second-order valence-corrected chi connectivity index (χ2v) is 6.88. The molecular formula is C21H25FN4O2. The molecule has 3 rings (SSSR count). The Labute approximate surface area is 163 Å². The van der Waals surface area contributed by atoms with E-state index in [2.05, 4.69) is 27.9 Å². The smallest absolute Gasteiger partial charge is 0.338 e. The number of rotatable bonds is 9. The zero-order valence-electron chi connectivity index (χ0n) is 15.7. The fourth-order valence-electron chi connectivity index (χ4n) is 3.40. The molecule has 0 aliphatic carbocycles. The van der Waals surface area contributed by atoms with Gasteiger partial charge in [0.25, 0.3) is 0 Å². The normalized spacial score (nSPS) is 11.1. The third kappa shape index (κ3) is 4.86. The van der Waals surface area contributed by atoms with E-state index < -0.39 is 6.03 Å². The summed E-state index contributed by atoms with van der Waals surface area (Å²) in [5.74, 6) is -0.235. The first-order valence-corrected chi connectivity index (χ1v) is 9.47. The van der Waals surface area contributed by atoms with Crippen LogP contribution in [-0.2, 0) is 13.0 Å². The molecule has 0 atom stereocenters. The minimum absolute atomic E-state index is 0.235. The molecule has 0 aliphatic rings. The van der Waals surface area contributed by atoms with E-state index in [-0.39, 0.29) is 12.4 Å². The van der Waals surface area contributed by atoms with Crippen molar-refractivity contribution in [2.75, 3.05) is 6.54 Å². The molecule has 2 amide bonds. The third-order valence-electron chi connectivity index (χ3n) is 4.87. The summed E-state index contributed by atoms with van der Waals surface area (Å²) in [5, 5.41) is 10.9. The molecule has 7 heteroatoms. The van der Waals surface area contributed by atoms with Crippen molar-refractivity contribution in [2.45, 2.75) is 38.6 Å². The Hall–Kier alpha value is -2.93. The van der Waals surface area contributed by atoms with Crippen LogP contribution in [0.5, 0.6) is 0 Å². The summed E-state index contributed by atoms with van der Waals surface area (Å²) in [4.78, 5) is 14.8. The summed E-state index contributed by atoms with van der Waals surface area (Å²) in [7, 11) is 0. The van der Waals surface area contributed by atoms with E-state index in [0.29, 0.717) is 23.5 Å². The Bertz CT molecular complexity index is 941. The second-order valence-electron chi connectivity index (χ2n) is 6.88. The predicted molar refractivity (Wildman–Crippen MR) is 105 cm³/mol. The minimum atomic E-state index is -0.823. The number of urea groups is 1. The number of aromatic nitrogens is 2. The maximum Gasteiger partial charge on any atom is 0.338 e. The van der Waals surface area contributed by atoms with Crippen molar-refractivity contribution < 1.29 is 14.4 Å². The maximum atomic E-state index is 14.0. The monoisotopic (exact) mass is 384 g/mol. The van der Waals surface area contributed by atoms with Crippen molar-refractivity contribution in [3.05, 3.63) is 65.9 Å². The molecule has 28 heavy (non-hydrogen) atoms. The molecule has 3 aromatic rings. The number of carbonyl (C=O) groups is 1. The van der Waals surface area contributed by atoms with Crippen LogP contribution in [0.1, 0.15) is 36.8 Å². The third-order valence-corrected chi connectivity index (χ3v) is 4.87. The number of halogens is 1. The highest BCUT2D eigenvalue weighted by molar-refractivity contribution is 5.84. The van der Waals surface area contributed by atoms with Crippen molar-refractivity contribution in [1.82, 2.24) is 14.6 Å². The number of fused-ring (bicyclic) bond motifs is 1. The standard InChI is InChI=1S/C21H25FN4O2/c22-19-9-10-24-14-16(19)13-17-15-25(20-8-4-3-7-18(17)20)11-5-1-2-6-12-26(28)21(23)27/h3-4,7-10,14-15,28H,1-2,5-6,11-13H2,(H2,23,27). The molecule has 1 aromatic carbocycles. The molecule has 0 fully saturated rings. The molecular weight excluding hydrogens is 359 g/mol. The van der Waals surface area contributed by atoms with Gasteiger partial charge in [-0.1, -0.05) is 31.0 Å². The lowest BCUT2D eigenvalue weighted by molar-refractivity contribution is -0.0403. The van der Waals surface area contributed by atoms with Gasteiger partial charge in [0.05, 0.1) is 6.54 Å². The van der Waals surface area contributed by atoms with Gasteiger partial charge in [0, 0.05) is 48.0 Å². The van der Waals surface area contributed by atoms with Gasteiger partial charge in [0.2, 0.25) is 0 Å². The number of carbonyl (C=O) groups excluding carboxylic acids is 1. The summed E-state index contributed by atoms with van der Waals surface area (Å²) in [6, 6.07) is 8.71. The number of unbranched alkanes of at least 4 members (excludes halogenated alkanes) is 3. The maximum absolute atomic E-state index is 14.0. The number of hydrogen-bond acceptors (Lipinski definition) is 3. The van der Waals surface area contributed by atoms with Crippen molar-refractivity contribution in [2.24, 2.45) is 5.73 Å². The van der Waals surface area contributed by atoms with Gasteiger partial charge in [0.1, 0.15) is 5.82 Å². The van der Waals surface area contributed by atoms with Gasteiger partial charge in [-0.2, -0.15) is 0 Å². The fourth-order valence-corrected chi connectivity index (χ4v) is 3.40. The highest BCUT2D eigenvalue weighted by Gasteiger charge is 2.11. The van der Waals surface area contributed by atoms with Crippen molar-refractivity contribution in [3.63, 3.8) is 0 Å². The number of primary amides is 1. The number of hydrogen-bond donors (Lipinski definition) is 2. The molecule has 0 radical (unpaired) electrons. The first-order valence-electron chi connectivity index (χ1n) is 9.47. The van der Waals surface area contributed by atoms with Crippen molar-refractivity contribution in [1.29, 1.82) is 0 Å². The van der Waals surface area contributed by atoms with E-state index in [1.807, 2.05) is 12.1 Å². The molecule has 0 unspecified atom stereocenters. The zero-order chi connectivity index (χ0) is 19.9. The first-order chi connectivity index (χ1) is 13.6. The van der Waals surface area contributed by atoms with Crippen LogP contribution in [-0.4, -0.2) is 32.4 Å². The van der Waals surface area contributed by atoms with Crippen LogP contribution in [0.15, 0.2) is 48.9 Å². The highest BCUT2D eigenvalue weighted by atomic mass is 19.1. The van der Waals surface area contributed by atoms with Gasteiger partial charge < -0.3 is 10.3 Å². The van der Waals surface area contributed by atoms with E-state index in [0.717, 1.165) is 42.3 Å². The van der Waals surface area contributed by atoms with E-state index >= 15 is 0 Å². The number of nitrogens with zero attached hydrogens (tertiary/aromatic N) is 3. The number of benzene rings is 1. The SMILES string of the molecule is NC(=O)N(O)CCCCCCn1cc(Cc2cnccc2F)c2ccccc21. The summed E-state index contributed by atoms with van der Waals surface area (Å²) in [6.07, 6.45) is 9.20. The number of nitrogens with two attached hydrogens (primary N) is 1. The van der Waals surface area contributed by atoms with Crippen molar-refractivity contribution in [3.8, 4) is 0 Å². The summed E-state index contributed by atoms with van der Waals surface area (Å²) in [6.45, 7) is 1.11. The van der Waals surface area contributed by atoms with Crippen LogP contribution in [0.25, 0.3) is 10.9 Å². The number of aryl methyl sites for hydroxylation is 1. The van der Waals surface area contributed by atoms with Crippen LogP contribution in [0.3, 0.4) is 0 Å². The Morgan fingerprint density at radius 2 is 1.93 bits per heavy atom. The minimum Gasteiger partial charge on any atom is -0.350 e. The predicted octanol–water partition coefficient (Wildman–Crippen LogP) is 4.10. The van der Waals surface area contributed by atoms with Crippen LogP contribution >= 0.6 is 0 Å². The summed E-state index contributed by atoms with van der Waals surface area (Å²) < 4.78 is 16.2. The Balaban J connectivity index is 1.61. The lowest BCUT2D eigenvalue weighted by Crippen LogP contribution is -2.33. The largest absolute Gasteiger partial charge is 0.350 e. The molecule has 0 aliphatic heterocycles.